The van der Waals surface area contributed by atoms with Crippen molar-refractivity contribution in [3.63, 3.8) is 0 Å². The summed E-state index contributed by atoms with van der Waals surface area (Å²) < 4.78 is 4.15. The lowest BCUT2D eigenvalue weighted by molar-refractivity contribution is -0.136. The molecule has 0 aromatic heterocycles. The van der Waals surface area contributed by atoms with Gasteiger partial charge in [-0.1, -0.05) is 6.58 Å². The van der Waals surface area contributed by atoms with E-state index in [2.05, 4.69) is 11.3 Å². The zero-order chi connectivity index (χ0) is 8.15. The fraction of sp³-hybridized carbons (Fsp3) is 0.200. The highest BCUT2D eigenvalue weighted by molar-refractivity contribution is 5.90. The van der Waals surface area contributed by atoms with E-state index in [9.17, 15) is 9.59 Å². The van der Waals surface area contributed by atoms with Crippen LogP contribution in [-0.4, -0.2) is 24.3 Å². The molecule has 0 aliphatic carbocycles. The molecule has 0 rings (SSSR count). The van der Waals surface area contributed by atoms with Crippen molar-refractivity contribution < 1.29 is 19.4 Å². The fourth-order valence-electron chi connectivity index (χ4n) is 0.303. The Hall–Kier alpha value is -1.52. The van der Waals surface area contributed by atoms with Gasteiger partial charge in [-0.2, -0.15) is 0 Å². The molecule has 5 heteroatoms. The number of rotatable bonds is 2. The Bertz CT molecular complexity index is 174. The predicted molar refractivity (Wildman–Crippen MR) is 32.3 cm³/mol. The van der Waals surface area contributed by atoms with E-state index in [1.165, 1.54) is 0 Å². The van der Waals surface area contributed by atoms with E-state index >= 15 is 0 Å². The van der Waals surface area contributed by atoms with Gasteiger partial charge < -0.3 is 9.84 Å². The van der Waals surface area contributed by atoms with Crippen molar-refractivity contribution in [2.24, 2.45) is 0 Å². The maximum absolute atomic E-state index is 10.4. The van der Waals surface area contributed by atoms with E-state index < -0.39 is 12.1 Å². The molecule has 0 bridgehead atoms. The second kappa shape index (κ2) is 3.49. The predicted octanol–water partition coefficient (Wildman–Crippen LogP) is -0.0593. The average molecular weight is 145 g/mol. The first-order valence-corrected chi connectivity index (χ1v) is 2.35. The summed E-state index contributed by atoms with van der Waals surface area (Å²) in [5.41, 5.74) is -0.296. The van der Waals surface area contributed by atoms with Gasteiger partial charge in [0.1, 0.15) is 5.70 Å². The maximum atomic E-state index is 10.4. The minimum atomic E-state index is -1.34. The number of carboxylic acid groups (broad SMARTS) is 1. The molecule has 0 aromatic rings. The smallest absolute Gasteiger partial charge is 0.409 e. The molecule has 0 radical (unpaired) electrons. The number of nitrogens with one attached hydrogen (secondary N) is 1. The molecular formula is C5H7NO4. The van der Waals surface area contributed by atoms with E-state index in [-0.39, 0.29) is 5.70 Å². The number of hydrogen-bond acceptors (Lipinski definition) is 3. The largest absolute Gasteiger partial charge is 0.465 e. The highest BCUT2D eigenvalue weighted by Crippen LogP contribution is 1.86. The van der Waals surface area contributed by atoms with Crippen LogP contribution in [-0.2, 0) is 9.53 Å². The normalized spacial score (nSPS) is 8.10. The first-order chi connectivity index (χ1) is 4.57. The molecule has 0 heterocycles. The summed E-state index contributed by atoms with van der Waals surface area (Å²) in [6.45, 7) is 3.10. The van der Waals surface area contributed by atoms with Gasteiger partial charge in [-0.05, 0) is 0 Å². The molecule has 2 N–H and O–H groups in total. The van der Waals surface area contributed by atoms with Crippen molar-refractivity contribution in [1.82, 2.24) is 5.32 Å². The molecule has 0 saturated heterocycles. The number of carbonyl (C=O) groups is 2. The summed E-state index contributed by atoms with van der Waals surface area (Å²) in [6, 6.07) is 0. The molecular weight excluding hydrogens is 138 g/mol. The number of carbonyl (C=O) groups excluding carboxylic acids is 1. The third-order valence-corrected chi connectivity index (χ3v) is 0.690. The topological polar surface area (TPSA) is 75.6 Å². The second-order valence-corrected chi connectivity index (χ2v) is 1.40. The zero-order valence-corrected chi connectivity index (χ0v) is 5.38. The third-order valence-electron chi connectivity index (χ3n) is 0.690. The van der Waals surface area contributed by atoms with Crippen LogP contribution in [0.25, 0.3) is 0 Å². The molecule has 0 fully saturated rings. The summed E-state index contributed by atoms with van der Waals surface area (Å²) in [7, 11) is 1.14. The van der Waals surface area contributed by atoms with E-state index in [0.717, 1.165) is 7.11 Å². The quantitative estimate of drug-likeness (QED) is 0.421. The summed E-state index contributed by atoms with van der Waals surface area (Å²) in [6.07, 6.45) is -1.34. The van der Waals surface area contributed by atoms with Gasteiger partial charge in [0.25, 0.3) is 0 Å². The summed E-state index contributed by atoms with van der Waals surface area (Å²) in [4.78, 5) is 20.3. The highest BCUT2D eigenvalue weighted by atomic mass is 16.5. The van der Waals surface area contributed by atoms with Crippen LogP contribution in [0.3, 0.4) is 0 Å². The van der Waals surface area contributed by atoms with Gasteiger partial charge in [-0.15, -0.1) is 0 Å². The van der Waals surface area contributed by atoms with Crippen LogP contribution in [0, 0.1) is 0 Å². The minimum absolute atomic E-state index is 0.296. The van der Waals surface area contributed by atoms with Crippen LogP contribution in [0.15, 0.2) is 12.3 Å². The van der Waals surface area contributed by atoms with Crippen LogP contribution in [0.5, 0.6) is 0 Å². The van der Waals surface area contributed by atoms with Gasteiger partial charge in [-0.25, -0.2) is 9.59 Å². The van der Waals surface area contributed by atoms with E-state index in [0.29, 0.717) is 0 Å². The number of hydrogen-bond donors (Lipinski definition) is 2. The Morgan fingerprint density at radius 2 is 2.10 bits per heavy atom. The molecule has 1 amide bonds. The van der Waals surface area contributed by atoms with Crippen LogP contribution >= 0.6 is 0 Å². The number of amides is 1. The van der Waals surface area contributed by atoms with Gasteiger partial charge in [0.05, 0.1) is 7.11 Å². The lowest BCUT2D eigenvalue weighted by Gasteiger charge is -2.00. The van der Waals surface area contributed by atoms with E-state index in [1.807, 2.05) is 0 Å². The molecule has 5 nitrogen and oxygen atoms in total. The van der Waals surface area contributed by atoms with Gasteiger partial charge >= 0.3 is 12.1 Å². The molecule has 0 aromatic carbocycles. The summed E-state index contributed by atoms with van der Waals surface area (Å²) in [5.74, 6) is -0.789. The van der Waals surface area contributed by atoms with Gasteiger partial charge in [0.2, 0.25) is 0 Å². The highest BCUT2D eigenvalue weighted by Gasteiger charge is 2.07. The van der Waals surface area contributed by atoms with Crippen molar-refractivity contribution in [1.29, 1.82) is 0 Å². The van der Waals surface area contributed by atoms with Crippen LogP contribution < -0.4 is 5.32 Å². The molecule has 0 aliphatic rings. The Morgan fingerprint density at radius 1 is 1.60 bits per heavy atom. The Kier molecular flexibility index (Phi) is 2.96. The Morgan fingerprint density at radius 3 is 2.40 bits per heavy atom. The van der Waals surface area contributed by atoms with Crippen LogP contribution in [0.2, 0.25) is 0 Å². The maximum Gasteiger partial charge on any atom is 0.409 e. The lowest BCUT2D eigenvalue weighted by atomic mass is 10.5. The van der Waals surface area contributed by atoms with Crippen molar-refractivity contribution in [3.05, 3.63) is 12.3 Å². The van der Waals surface area contributed by atoms with Crippen molar-refractivity contribution in [2.45, 2.75) is 0 Å². The third kappa shape index (κ3) is 2.71. The zero-order valence-electron chi connectivity index (χ0n) is 5.38. The molecule has 0 spiro atoms. The first-order valence-electron chi connectivity index (χ1n) is 2.35. The van der Waals surface area contributed by atoms with E-state index in [1.54, 1.807) is 5.32 Å². The van der Waals surface area contributed by atoms with Gasteiger partial charge in [0.15, 0.2) is 0 Å². The molecule has 0 atom stereocenters. The molecule has 0 unspecified atom stereocenters. The monoisotopic (exact) mass is 145 g/mol. The van der Waals surface area contributed by atoms with Gasteiger partial charge in [0, 0.05) is 0 Å². The van der Waals surface area contributed by atoms with E-state index in [4.69, 9.17) is 5.11 Å². The summed E-state index contributed by atoms with van der Waals surface area (Å²) >= 11 is 0. The van der Waals surface area contributed by atoms with Crippen LogP contribution in [0.4, 0.5) is 4.79 Å². The number of esters is 1. The Balaban J connectivity index is 3.86. The average Bonchev–Trinajstić information content (AvgIpc) is 1.85. The van der Waals surface area contributed by atoms with Crippen LogP contribution in [0.1, 0.15) is 0 Å². The molecule has 10 heavy (non-hydrogen) atoms. The lowest BCUT2D eigenvalue weighted by Crippen LogP contribution is -2.25. The summed E-state index contributed by atoms with van der Waals surface area (Å²) in [5, 5.41) is 9.79. The number of ether oxygens (including phenoxy) is 1. The molecule has 0 saturated carbocycles. The molecule has 56 valence electrons. The molecule has 0 aliphatic heterocycles. The number of methoxy groups -OCH3 is 1. The fourth-order valence-corrected chi connectivity index (χ4v) is 0.303. The Labute approximate surface area is 57.3 Å². The SMILES string of the molecule is C=C(NC(=O)O)C(=O)OC. The van der Waals surface area contributed by atoms with Crippen molar-refractivity contribution >= 4 is 12.1 Å². The minimum Gasteiger partial charge on any atom is -0.465 e. The first kappa shape index (κ1) is 8.48. The second-order valence-electron chi connectivity index (χ2n) is 1.40. The standard InChI is InChI=1S/C5H7NO4/c1-3(4(7)10-2)6-5(8)9/h6H,1H2,2H3,(H,8,9). The van der Waals surface area contributed by atoms with Gasteiger partial charge in [-0.3, -0.25) is 5.32 Å². The van der Waals surface area contributed by atoms with Crippen molar-refractivity contribution in [3.8, 4) is 0 Å². The van der Waals surface area contributed by atoms with Crippen molar-refractivity contribution in [2.75, 3.05) is 7.11 Å².